The molecule has 1 aromatic rings. The Labute approximate surface area is 97.0 Å². The molecule has 0 saturated carbocycles. The van der Waals surface area contributed by atoms with Crippen molar-refractivity contribution in [1.29, 1.82) is 0 Å². The number of methoxy groups -OCH3 is 2. The zero-order chi connectivity index (χ0) is 12.1. The maximum absolute atomic E-state index is 10.2. The first-order valence-corrected chi connectivity index (χ1v) is 5.49. The summed E-state index contributed by atoms with van der Waals surface area (Å²) in [5, 5.41) is 10.2. The van der Waals surface area contributed by atoms with Gasteiger partial charge in [0.05, 0.1) is 13.2 Å². The van der Waals surface area contributed by atoms with Crippen LogP contribution in [0.2, 0.25) is 0 Å². The molecule has 0 bridgehead atoms. The normalized spacial score (nSPS) is 14.6. The molecule has 1 rings (SSSR count). The van der Waals surface area contributed by atoms with Crippen LogP contribution in [-0.4, -0.2) is 25.4 Å². The van der Waals surface area contributed by atoms with E-state index in [2.05, 4.69) is 0 Å². The lowest BCUT2D eigenvalue weighted by molar-refractivity contribution is -0.0151. The van der Waals surface area contributed by atoms with Crippen LogP contribution in [0, 0.1) is 6.92 Å². The topological polar surface area (TPSA) is 38.7 Å². The van der Waals surface area contributed by atoms with E-state index >= 15 is 0 Å². The van der Waals surface area contributed by atoms with Gasteiger partial charge in [-0.05, 0) is 36.6 Å². The number of benzene rings is 1. The summed E-state index contributed by atoms with van der Waals surface area (Å²) in [6.07, 6.45) is 0.0383. The van der Waals surface area contributed by atoms with Crippen molar-refractivity contribution in [2.24, 2.45) is 0 Å². The van der Waals surface area contributed by atoms with Crippen molar-refractivity contribution >= 4 is 0 Å². The predicted molar refractivity (Wildman–Crippen MR) is 63.8 cm³/mol. The largest absolute Gasteiger partial charge is 0.497 e. The van der Waals surface area contributed by atoms with Crippen LogP contribution in [-0.2, 0) is 4.74 Å². The van der Waals surface area contributed by atoms with Crippen molar-refractivity contribution in [2.75, 3.05) is 14.2 Å². The molecule has 3 nitrogen and oxygen atoms in total. The Morgan fingerprint density at radius 3 is 2.44 bits per heavy atom. The molecular weight excluding hydrogens is 204 g/mol. The van der Waals surface area contributed by atoms with E-state index in [-0.39, 0.29) is 6.10 Å². The summed E-state index contributed by atoms with van der Waals surface area (Å²) in [5.74, 6) is 0.805. The molecule has 3 heteroatoms. The summed E-state index contributed by atoms with van der Waals surface area (Å²) in [6.45, 7) is 3.96. The minimum atomic E-state index is -0.582. The predicted octanol–water partition coefficient (Wildman–Crippen LogP) is 2.46. The van der Waals surface area contributed by atoms with E-state index in [0.717, 1.165) is 23.3 Å². The maximum Gasteiger partial charge on any atom is 0.119 e. The second-order valence-corrected chi connectivity index (χ2v) is 3.85. The standard InChI is InChI=1S/C13H20O3/c1-5-12(16-4)13(14)11-7-6-10(15-3)8-9(11)2/h6-8,12-14H,5H2,1-4H3. The highest BCUT2D eigenvalue weighted by molar-refractivity contribution is 5.36. The van der Waals surface area contributed by atoms with Crippen LogP contribution in [0.4, 0.5) is 0 Å². The summed E-state index contributed by atoms with van der Waals surface area (Å²) in [4.78, 5) is 0. The van der Waals surface area contributed by atoms with Crippen LogP contribution in [0.15, 0.2) is 18.2 Å². The van der Waals surface area contributed by atoms with Crippen molar-refractivity contribution < 1.29 is 14.6 Å². The van der Waals surface area contributed by atoms with Crippen LogP contribution >= 0.6 is 0 Å². The molecule has 0 saturated heterocycles. The van der Waals surface area contributed by atoms with Gasteiger partial charge in [-0.25, -0.2) is 0 Å². The summed E-state index contributed by atoms with van der Waals surface area (Å²) in [5.41, 5.74) is 1.91. The van der Waals surface area contributed by atoms with Crippen LogP contribution in [0.5, 0.6) is 5.75 Å². The molecule has 0 radical (unpaired) electrons. The van der Waals surface area contributed by atoms with Gasteiger partial charge in [-0.3, -0.25) is 0 Å². The Balaban J connectivity index is 2.95. The molecule has 0 spiro atoms. The van der Waals surface area contributed by atoms with Gasteiger partial charge in [0.15, 0.2) is 0 Å². The van der Waals surface area contributed by atoms with Crippen LogP contribution in [0.25, 0.3) is 0 Å². The molecule has 2 unspecified atom stereocenters. The lowest BCUT2D eigenvalue weighted by atomic mass is 9.98. The quantitative estimate of drug-likeness (QED) is 0.835. The van der Waals surface area contributed by atoms with Crippen LogP contribution < -0.4 is 4.74 Å². The first kappa shape index (κ1) is 13.0. The number of ether oxygens (including phenoxy) is 2. The summed E-state index contributed by atoms with van der Waals surface area (Å²) in [7, 11) is 3.26. The van der Waals surface area contributed by atoms with Crippen molar-refractivity contribution in [3.8, 4) is 5.75 Å². The maximum atomic E-state index is 10.2. The molecule has 90 valence electrons. The zero-order valence-corrected chi connectivity index (χ0v) is 10.4. The Morgan fingerprint density at radius 1 is 1.31 bits per heavy atom. The molecule has 16 heavy (non-hydrogen) atoms. The highest BCUT2D eigenvalue weighted by Gasteiger charge is 2.20. The van der Waals surface area contributed by atoms with Gasteiger partial charge < -0.3 is 14.6 Å². The van der Waals surface area contributed by atoms with E-state index in [1.807, 2.05) is 32.0 Å². The number of hydrogen-bond donors (Lipinski definition) is 1. The number of aryl methyl sites for hydroxylation is 1. The molecule has 0 amide bonds. The minimum absolute atomic E-state index is 0.160. The van der Waals surface area contributed by atoms with Crippen LogP contribution in [0.3, 0.4) is 0 Å². The Morgan fingerprint density at radius 2 is 2.00 bits per heavy atom. The van der Waals surface area contributed by atoms with Gasteiger partial charge >= 0.3 is 0 Å². The molecule has 0 aliphatic carbocycles. The Bertz CT molecular complexity index is 332. The van der Waals surface area contributed by atoms with Gasteiger partial charge in [-0.15, -0.1) is 0 Å². The fourth-order valence-corrected chi connectivity index (χ4v) is 1.83. The Hall–Kier alpha value is -1.06. The highest BCUT2D eigenvalue weighted by atomic mass is 16.5. The van der Waals surface area contributed by atoms with E-state index in [1.54, 1.807) is 14.2 Å². The van der Waals surface area contributed by atoms with E-state index in [4.69, 9.17) is 9.47 Å². The summed E-state index contributed by atoms with van der Waals surface area (Å²) < 4.78 is 10.4. The molecule has 0 aromatic heterocycles. The van der Waals surface area contributed by atoms with E-state index < -0.39 is 6.10 Å². The molecular formula is C13H20O3. The molecule has 0 aliphatic rings. The van der Waals surface area contributed by atoms with E-state index in [9.17, 15) is 5.11 Å². The lowest BCUT2D eigenvalue weighted by Gasteiger charge is -2.22. The Kier molecular flexibility index (Phi) is 4.77. The molecule has 0 heterocycles. The van der Waals surface area contributed by atoms with Gasteiger partial charge in [0, 0.05) is 7.11 Å². The third-order valence-corrected chi connectivity index (χ3v) is 2.85. The average molecular weight is 224 g/mol. The first-order chi connectivity index (χ1) is 7.63. The minimum Gasteiger partial charge on any atom is -0.497 e. The van der Waals surface area contributed by atoms with E-state index in [0.29, 0.717) is 0 Å². The number of rotatable bonds is 5. The third-order valence-electron chi connectivity index (χ3n) is 2.85. The first-order valence-electron chi connectivity index (χ1n) is 5.49. The highest BCUT2D eigenvalue weighted by Crippen LogP contribution is 2.26. The second kappa shape index (κ2) is 5.87. The molecule has 0 aliphatic heterocycles. The van der Waals surface area contributed by atoms with Gasteiger partial charge in [0.2, 0.25) is 0 Å². The third kappa shape index (κ3) is 2.74. The SMILES string of the molecule is CCC(OC)C(O)c1ccc(OC)cc1C. The van der Waals surface area contributed by atoms with Crippen molar-refractivity contribution in [3.63, 3.8) is 0 Å². The monoisotopic (exact) mass is 224 g/mol. The zero-order valence-electron chi connectivity index (χ0n) is 10.4. The molecule has 0 fully saturated rings. The van der Waals surface area contributed by atoms with Gasteiger partial charge in [-0.1, -0.05) is 13.0 Å². The fraction of sp³-hybridized carbons (Fsp3) is 0.538. The smallest absolute Gasteiger partial charge is 0.119 e. The van der Waals surface area contributed by atoms with Crippen molar-refractivity contribution in [3.05, 3.63) is 29.3 Å². The second-order valence-electron chi connectivity index (χ2n) is 3.85. The fourth-order valence-electron chi connectivity index (χ4n) is 1.83. The number of hydrogen-bond acceptors (Lipinski definition) is 3. The average Bonchev–Trinajstić information content (AvgIpc) is 2.30. The van der Waals surface area contributed by atoms with E-state index in [1.165, 1.54) is 0 Å². The summed E-state index contributed by atoms with van der Waals surface area (Å²) >= 11 is 0. The summed E-state index contributed by atoms with van der Waals surface area (Å²) in [6, 6.07) is 5.66. The van der Waals surface area contributed by atoms with Crippen molar-refractivity contribution in [1.82, 2.24) is 0 Å². The van der Waals surface area contributed by atoms with Crippen LogP contribution in [0.1, 0.15) is 30.6 Å². The lowest BCUT2D eigenvalue weighted by Crippen LogP contribution is -2.20. The van der Waals surface area contributed by atoms with Crippen molar-refractivity contribution in [2.45, 2.75) is 32.5 Å². The molecule has 2 atom stereocenters. The van der Waals surface area contributed by atoms with Gasteiger partial charge in [-0.2, -0.15) is 0 Å². The molecule has 1 aromatic carbocycles. The number of aliphatic hydroxyl groups is 1. The van der Waals surface area contributed by atoms with Gasteiger partial charge in [0.1, 0.15) is 11.9 Å². The molecule has 1 N–H and O–H groups in total. The van der Waals surface area contributed by atoms with Gasteiger partial charge in [0.25, 0.3) is 0 Å². The number of aliphatic hydroxyl groups excluding tert-OH is 1.